The van der Waals surface area contributed by atoms with Crippen LogP contribution in [0.4, 0.5) is 0 Å². The van der Waals surface area contributed by atoms with Gasteiger partial charge < -0.3 is 4.42 Å². The van der Waals surface area contributed by atoms with Crippen LogP contribution in [-0.4, -0.2) is 19.9 Å². The Bertz CT molecular complexity index is 654. The summed E-state index contributed by atoms with van der Waals surface area (Å²) in [6.45, 7) is 2.07. The van der Waals surface area contributed by atoms with Gasteiger partial charge in [0.1, 0.15) is 6.26 Å². The molecule has 0 saturated carbocycles. The Labute approximate surface area is 116 Å². The average molecular weight is 301 g/mol. The number of rotatable bonds is 5. The lowest BCUT2D eigenvalue weighted by molar-refractivity contribution is 0.555. The molecule has 0 radical (unpaired) electrons. The van der Waals surface area contributed by atoms with Gasteiger partial charge in [-0.05, 0) is 24.6 Å². The highest BCUT2D eigenvalue weighted by atomic mass is 35.5. The van der Waals surface area contributed by atoms with Crippen molar-refractivity contribution >= 4 is 21.6 Å². The summed E-state index contributed by atoms with van der Waals surface area (Å²) in [7, 11) is -3.55. The second kappa shape index (κ2) is 5.73. The van der Waals surface area contributed by atoms with Gasteiger partial charge in [-0.25, -0.2) is 18.1 Å². The van der Waals surface area contributed by atoms with Gasteiger partial charge >= 0.3 is 0 Å². The van der Waals surface area contributed by atoms with Crippen molar-refractivity contribution in [1.82, 2.24) is 9.71 Å². The number of aryl methyl sites for hydroxylation is 1. The molecule has 0 fully saturated rings. The van der Waals surface area contributed by atoms with Gasteiger partial charge in [-0.2, -0.15) is 0 Å². The lowest BCUT2D eigenvalue weighted by Crippen LogP contribution is -2.26. The van der Waals surface area contributed by atoms with Crippen LogP contribution in [-0.2, 0) is 16.4 Å². The predicted molar refractivity (Wildman–Crippen MR) is 71.6 cm³/mol. The molecule has 102 valence electrons. The molecule has 0 aliphatic rings. The van der Waals surface area contributed by atoms with E-state index in [1.807, 2.05) is 6.92 Å². The van der Waals surface area contributed by atoms with Crippen LogP contribution in [0.15, 0.2) is 40.2 Å². The lowest BCUT2D eigenvalue weighted by Gasteiger charge is -2.07. The first-order valence-corrected chi connectivity index (χ1v) is 7.48. The largest absolute Gasteiger partial charge is 0.451 e. The molecule has 0 amide bonds. The van der Waals surface area contributed by atoms with E-state index < -0.39 is 10.0 Å². The maximum atomic E-state index is 12.0. The summed E-state index contributed by atoms with van der Waals surface area (Å²) < 4.78 is 31.3. The quantitative estimate of drug-likeness (QED) is 0.918. The van der Waals surface area contributed by atoms with E-state index in [9.17, 15) is 8.42 Å². The first-order chi connectivity index (χ1) is 8.99. The molecule has 2 rings (SSSR count). The van der Waals surface area contributed by atoms with Gasteiger partial charge in [0.25, 0.3) is 0 Å². The van der Waals surface area contributed by atoms with Crippen molar-refractivity contribution in [1.29, 1.82) is 0 Å². The van der Waals surface area contributed by atoms with Gasteiger partial charge in [0.15, 0.2) is 6.39 Å². The minimum Gasteiger partial charge on any atom is -0.451 e. The maximum Gasteiger partial charge on any atom is 0.240 e. The van der Waals surface area contributed by atoms with E-state index in [2.05, 4.69) is 9.71 Å². The highest BCUT2D eigenvalue weighted by molar-refractivity contribution is 7.89. The van der Waals surface area contributed by atoms with Crippen molar-refractivity contribution in [3.8, 4) is 0 Å². The number of nitrogens with zero attached hydrogens (tertiary/aromatic N) is 1. The number of sulfonamides is 1. The summed E-state index contributed by atoms with van der Waals surface area (Å²) in [4.78, 5) is 4.07. The fraction of sp³-hybridized carbons (Fsp3) is 0.250. The number of aromatic nitrogens is 1. The van der Waals surface area contributed by atoms with E-state index >= 15 is 0 Å². The summed E-state index contributed by atoms with van der Waals surface area (Å²) in [5.41, 5.74) is 1.54. The third-order valence-corrected chi connectivity index (χ3v) is 4.48. The van der Waals surface area contributed by atoms with Crippen LogP contribution in [0.2, 0.25) is 5.02 Å². The Morgan fingerprint density at radius 2 is 2.21 bits per heavy atom. The molecule has 1 heterocycles. The number of hydrogen-bond donors (Lipinski definition) is 1. The van der Waals surface area contributed by atoms with Crippen LogP contribution in [0.25, 0.3) is 0 Å². The first kappa shape index (κ1) is 14.0. The molecule has 19 heavy (non-hydrogen) atoms. The number of halogens is 1. The zero-order chi connectivity index (χ0) is 13.9. The zero-order valence-corrected chi connectivity index (χ0v) is 11.8. The molecule has 0 spiro atoms. The number of benzene rings is 1. The van der Waals surface area contributed by atoms with Crippen molar-refractivity contribution in [3.63, 3.8) is 0 Å². The molecule has 0 unspecified atom stereocenters. The SMILES string of the molecule is Cc1ccc(S(=O)(=O)NCCc2cocn2)cc1Cl. The van der Waals surface area contributed by atoms with E-state index in [4.69, 9.17) is 16.0 Å². The summed E-state index contributed by atoms with van der Waals surface area (Å²) in [5, 5.41) is 0.430. The average Bonchev–Trinajstić information content (AvgIpc) is 2.85. The highest BCUT2D eigenvalue weighted by Crippen LogP contribution is 2.19. The normalized spacial score (nSPS) is 11.7. The summed E-state index contributed by atoms with van der Waals surface area (Å²) in [5.74, 6) is 0. The zero-order valence-electron chi connectivity index (χ0n) is 10.3. The number of nitrogens with one attached hydrogen (secondary N) is 1. The van der Waals surface area contributed by atoms with Gasteiger partial charge in [0.05, 0.1) is 10.6 Å². The molecule has 0 aliphatic carbocycles. The molecule has 5 nitrogen and oxygen atoms in total. The molecule has 0 saturated heterocycles. The third-order valence-electron chi connectivity index (χ3n) is 2.61. The molecular weight excluding hydrogens is 288 g/mol. The van der Waals surface area contributed by atoms with E-state index in [-0.39, 0.29) is 11.4 Å². The van der Waals surface area contributed by atoms with Crippen molar-refractivity contribution in [2.75, 3.05) is 6.54 Å². The van der Waals surface area contributed by atoms with Crippen LogP contribution in [0.1, 0.15) is 11.3 Å². The minimum atomic E-state index is -3.55. The molecule has 0 bridgehead atoms. The van der Waals surface area contributed by atoms with Gasteiger partial charge in [0, 0.05) is 18.0 Å². The number of hydrogen-bond acceptors (Lipinski definition) is 4. The monoisotopic (exact) mass is 300 g/mol. The highest BCUT2D eigenvalue weighted by Gasteiger charge is 2.14. The molecule has 1 aromatic carbocycles. The third kappa shape index (κ3) is 3.56. The number of oxazole rings is 1. The summed E-state index contributed by atoms with van der Waals surface area (Å²) in [6.07, 6.45) is 3.26. The Hall–Kier alpha value is -1.37. The van der Waals surface area contributed by atoms with Gasteiger partial charge in [0.2, 0.25) is 10.0 Å². The lowest BCUT2D eigenvalue weighted by atomic mass is 10.2. The smallest absolute Gasteiger partial charge is 0.240 e. The Kier molecular flexibility index (Phi) is 4.24. The van der Waals surface area contributed by atoms with Crippen LogP contribution >= 0.6 is 11.6 Å². The molecule has 0 atom stereocenters. The van der Waals surface area contributed by atoms with E-state index in [1.54, 1.807) is 6.07 Å². The Balaban J connectivity index is 2.03. The van der Waals surface area contributed by atoms with E-state index in [0.29, 0.717) is 17.1 Å². The van der Waals surface area contributed by atoms with Gasteiger partial charge in [-0.15, -0.1) is 0 Å². The summed E-state index contributed by atoms with van der Waals surface area (Å²) in [6, 6.07) is 4.64. The van der Waals surface area contributed by atoms with Crippen LogP contribution in [0.5, 0.6) is 0 Å². The Morgan fingerprint density at radius 3 is 2.84 bits per heavy atom. The second-order valence-electron chi connectivity index (χ2n) is 4.04. The van der Waals surface area contributed by atoms with Crippen LogP contribution in [0.3, 0.4) is 0 Å². The molecule has 1 aromatic heterocycles. The van der Waals surface area contributed by atoms with Gasteiger partial charge in [-0.1, -0.05) is 17.7 Å². The standard InChI is InChI=1S/C12H13ClN2O3S/c1-9-2-3-11(6-12(9)13)19(16,17)15-5-4-10-7-18-8-14-10/h2-3,6-8,15H,4-5H2,1H3. The van der Waals surface area contributed by atoms with Crippen LogP contribution < -0.4 is 4.72 Å². The second-order valence-corrected chi connectivity index (χ2v) is 6.21. The van der Waals surface area contributed by atoms with E-state index in [1.165, 1.54) is 24.8 Å². The van der Waals surface area contributed by atoms with Crippen molar-refractivity contribution in [3.05, 3.63) is 47.1 Å². The predicted octanol–water partition coefficient (Wildman–Crippen LogP) is 2.16. The minimum absolute atomic E-state index is 0.156. The molecule has 1 N–H and O–H groups in total. The topological polar surface area (TPSA) is 72.2 Å². The fourth-order valence-electron chi connectivity index (χ4n) is 1.50. The van der Waals surface area contributed by atoms with Crippen LogP contribution in [0, 0.1) is 6.92 Å². The molecule has 7 heteroatoms. The van der Waals surface area contributed by atoms with Crippen molar-refractivity contribution in [2.24, 2.45) is 0 Å². The summed E-state index contributed by atoms with van der Waals surface area (Å²) >= 11 is 5.92. The van der Waals surface area contributed by atoms with E-state index in [0.717, 1.165) is 5.56 Å². The molecular formula is C12H13ClN2O3S. The Morgan fingerprint density at radius 1 is 1.42 bits per heavy atom. The van der Waals surface area contributed by atoms with Gasteiger partial charge in [-0.3, -0.25) is 0 Å². The fourth-order valence-corrected chi connectivity index (χ4v) is 2.80. The molecule has 2 aromatic rings. The first-order valence-electron chi connectivity index (χ1n) is 5.62. The van der Waals surface area contributed by atoms with Crippen molar-refractivity contribution in [2.45, 2.75) is 18.2 Å². The van der Waals surface area contributed by atoms with Crippen molar-refractivity contribution < 1.29 is 12.8 Å². The maximum absolute atomic E-state index is 12.0. The molecule has 0 aliphatic heterocycles.